The van der Waals surface area contributed by atoms with Gasteiger partial charge in [0.25, 0.3) is 0 Å². The number of H-pyrrole nitrogens is 1. The predicted octanol–water partition coefficient (Wildman–Crippen LogP) is 7.36. The molecule has 0 aliphatic rings. The Labute approximate surface area is 154 Å². The summed E-state index contributed by atoms with van der Waals surface area (Å²) >= 11 is 1.87. The molecule has 0 amide bonds. The van der Waals surface area contributed by atoms with Crippen molar-refractivity contribution in [2.75, 3.05) is 0 Å². The van der Waals surface area contributed by atoms with E-state index in [2.05, 4.69) is 89.9 Å². The molecule has 0 saturated heterocycles. The van der Waals surface area contributed by atoms with Crippen LogP contribution in [0, 0.1) is 0 Å². The molecule has 0 atom stereocenters. The molecule has 0 bridgehead atoms. The Hall–Kier alpha value is -3.10. The Morgan fingerprint density at radius 3 is 2.31 bits per heavy atom. The average Bonchev–Trinajstić information content (AvgIpc) is 3.25. The third-order valence-corrected chi connectivity index (χ3v) is 6.37. The summed E-state index contributed by atoms with van der Waals surface area (Å²) in [7, 11) is 0. The summed E-state index contributed by atoms with van der Waals surface area (Å²) in [6.45, 7) is 0. The van der Waals surface area contributed by atoms with Gasteiger partial charge in [0.1, 0.15) is 0 Å². The van der Waals surface area contributed by atoms with Gasteiger partial charge in [0.15, 0.2) is 0 Å². The van der Waals surface area contributed by atoms with Gasteiger partial charge in [-0.1, -0.05) is 54.6 Å². The number of fused-ring (bicyclic) bond motifs is 6. The second-order valence-electron chi connectivity index (χ2n) is 6.71. The number of para-hydroxylation sites is 1. The third kappa shape index (κ3) is 1.91. The van der Waals surface area contributed by atoms with Crippen molar-refractivity contribution in [3.05, 3.63) is 84.9 Å². The molecule has 6 rings (SSSR count). The van der Waals surface area contributed by atoms with Crippen molar-refractivity contribution in [2.45, 2.75) is 0 Å². The summed E-state index contributed by atoms with van der Waals surface area (Å²) < 4.78 is 2.70. The molecule has 0 fully saturated rings. The van der Waals surface area contributed by atoms with Gasteiger partial charge in [-0.2, -0.15) is 0 Å². The highest BCUT2D eigenvalue weighted by Gasteiger charge is 2.12. The van der Waals surface area contributed by atoms with Crippen LogP contribution in [0.1, 0.15) is 0 Å². The van der Waals surface area contributed by atoms with Crippen molar-refractivity contribution in [1.82, 2.24) is 4.98 Å². The molecule has 1 nitrogen and oxygen atoms in total. The maximum atomic E-state index is 3.55. The first-order valence-corrected chi connectivity index (χ1v) is 9.61. The first kappa shape index (κ1) is 14.1. The zero-order chi connectivity index (χ0) is 17.1. The van der Waals surface area contributed by atoms with E-state index in [1.54, 1.807) is 0 Å². The Balaban J connectivity index is 1.71. The van der Waals surface area contributed by atoms with E-state index in [9.17, 15) is 0 Å². The SMILES string of the molecule is c1ccc2c(c1)[nH]c1cccc(-c3ccc4sc5ccccc5c4c3)c12. The van der Waals surface area contributed by atoms with E-state index < -0.39 is 0 Å². The van der Waals surface area contributed by atoms with Crippen molar-refractivity contribution in [2.24, 2.45) is 0 Å². The van der Waals surface area contributed by atoms with Crippen molar-refractivity contribution in [1.29, 1.82) is 0 Å². The van der Waals surface area contributed by atoms with Gasteiger partial charge in [0.05, 0.1) is 0 Å². The van der Waals surface area contributed by atoms with Crippen LogP contribution in [0.5, 0.6) is 0 Å². The fraction of sp³-hybridized carbons (Fsp3) is 0. The minimum absolute atomic E-state index is 1.19. The molecule has 122 valence electrons. The van der Waals surface area contributed by atoms with E-state index in [0.29, 0.717) is 0 Å². The van der Waals surface area contributed by atoms with Crippen LogP contribution in [0.3, 0.4) is 0 Å². The average molecular weight is 349 g/mol. The van der Waals surface area contributed by atoms with E-state index in [1.165, 1.54) is 53.1 Å². The zero-order valence-electron chi connectivity index (χ0n) is 14.0. The van der Waals surface area contributed by atoms with Crippen molar-refractivity contribution < 1.29 is 0 Å². The molecular weight excluding hydrogens is 334 g/mol. The summed E-state index contributed by atoms with van der Waals surface area (Å²) in [5.74, 6) is 0. The monoisotopic (exact) mass is 349 g/mol. The van der Waals surface area contributed by atoms with Gasteiger partial charge >= 0.3 is 0 Å². The molecule has 0 spiro atoms. The van der Waals surface area contributed by atoms with Crippen LogP contribution in [0.2, 0.25) is 0 Å². The Bertz CT molecular complexity index is 1430. The second kappa shape index (κ2) is 5.20. The highest BCUT2D eigenvalue weighted by molar-refractivity contribution is 7.25. The fourth-order valence-corrected chi connectivity index (χ4v) is 5.12. The maximum absolute atomic E-state index is 3.55. The van der Waals surface area contributed by atoms with Crippen LogP contribution < -0.4 is 0 Å². The van der Waals surface area contributed by atoms with Gasteiger partial charge in [-0.3, -0.25) is 0 Å². The molecule has 26 heavy (non-hydrogen) atoms. The molecule has 6 aromatic rings. The molecule has 2 heterocycles. The first-order chi connectivity index (χ1) is 12.9. The minimum atomic E-state index is 1.19. The smallest absolute Gasteiger partial charge is 0.0471 e. The van der Waals surface area contributed by atoms with Crippen molar-refractivity contribution in [3.63, 3.8) is 0 Å². The van der Waals surface area contributed by atoms with Gasteiger partial charge in [-0.05, 0) is 41.5 Å². The largest absolute Gasteiger partial charge is 0.354 e. The Morgan fingerprint density at radius 1 is 0.577 bits per heavy atom. The maximum Gasteiger partial charge on any atom is 0.0471 e. The lowest BCUT2D eigenvalue weighted by atomic mass is 9.98. The molecule has 0 radical (unpaired) electrons. The fourth-order valence-electron chi connectivity index (χ4n) is 4.04. The lowest BCUT2D eigenvalue weighted by Crippen LogP contribution is -1.80. The normalized spacial score (nSPS) is 11.8. The number of benzene rings is 4. The van der Waals surface area contributed by atoms with Gasteiger partial charge in [-0.15, -0.1) is 11.3 Å². The first-order valence-electron chi connectivity index (χ1n) is 8.79. The number of hydrogen-bond donors (Lipinski definition) is 1. The molecular formula is C24H15NS. The quantitative estimate of drug-likeness (QED) is 0.319. The number of thiophene rings is 1. The summed E-state index contributed by atoms with van der Waals surface area (Å²) in [6, 6.07) is 30.6. The van der Waals surface area contributed by atoms with E-state index in [0.717, 1.165) is 0 Å². The number of hydrogen-bond acceptors (Lipinski definition) is 1. The summed E-state index contributed by atoms with van der Waals surface area (Å²) in [6.07, 6.45) is 0. The lowest BCUT2D eigenvalue weighted by Gasteiger charge is -2.05. The highest BCUT2D eigenvalue weighted by Crippen LogP contribution is 2.39. The number of aromatic nitrogens is 1. The van der Waals surface area contributed by atoms with E-state index >= 15 is 0 Å². The van der Waals surface area contributed by atoms with Crippen LogP contribution in [-0.2, 0) is 0 Å². The van der Waals surface area contributed by atoms with Crippen LogP contribution in [-0.4, -0.2) is 4.98 Å². The molecule has 4 aromatic carbocycles. The van der Waals surface area contributed by atoms with Gasteiger partial charge < -0.3 is 4.98 Å². The summed E-state index contributed by atoms with van der Waals surface area (Å²) in [5, 5.41) is 5.29. The standard InChI is InChI=1S/C24H15NS/c1-3-9-20-18(7-1)24-16(8-5-10-21(24)25-20)15-12-13-23-19(14-15)17-6-2-4-11-22(17)26-23/h1-14,25H. The second-order valence-corrected chi connectivity index (χ2v) is 7.79. The number of nitrogens with one attached hydrogen (secondary N) is 1. The zero-order valence-corrected chi connectivity index (χ0v) is 14.8. The van der Waals surface area contributed by atoms with Crippen LogP contribution >= 0.6 is 11.3 Å². The van der Waals surface area contributed by atoms with E-state index in [4.69, 9.17) is 0 Å². The van der Waals surface area contributed by atoms with Gasteiger partial charge in [0, 0.05) is 42.0 Å². The Morgan fingerprint density at radius 2 is 1.35 bits per heavy atom. The van der Waals surface area contributed by atoms with Crippen LogP contribution in [0.4, 0.5) is 0 Å². The third-order valence-electron chi connectivity index (χ3n) is 5.22. The van der Waals surface area contributed by atoms with Gasteiger partial charge in [-0.25, -0.2) is 0 Å². The summed E-state index contributed by atoms with van der Waals surface area (Å²) in [4.78, 5) is 3.55. The van der Waals surface area contributed by atoms with E-state index in [1.807, 2.05) is 11.3 Å². The van der Waals surface area contributed by atoms with Crippen molar-refractivity contribution >= 4 is 53.3 Å². The topological polar surface area (TPSA) is 15.8 Å². The van der Waals surface area contributed by atoms with Crippen molar-refractivity contribution in [3.8, 4) is 11.1 Å². The van der Waals surface area contributed by atoms with Crippen LogP contribution in [0.25, 0.3) is 53.1 Å². The molecule has 0 aliphatic carbocycles. The molecule has 2 aromatic heterocycles. The molecule has 0 unspecified atom stereocenters. The predicted molar refractivity (Wildman–Crippen MR) is 114 cm³/mol. The Kier molecular flexibility index (Phi) is 2.82. The minimum Gasteiger partial charge on any atom is -0.354 e. The number of rotatable bonds is 1. The highest BCUT2D eigenvalue weighted by atomic mass is 32.1. The molecule has 1 N–H and O–H groups in total. The molecule has 0 saturated carbocycles. The molecule has 2 heteroatoms. The lowest BCUT2D eigenvalue weighted by molar-refractivity contribution is 1.55. The van der Waals surface area contributed by atoms with Gasteiger partial charge in [0.2, 0.25) is 0 Å². The van der Waals surface area contributed by atoms with Crippen LogP contribution in [0.15, 0.2) is 84.9 Å². The summed E-state index contributed by atoms with van der Waals surface area (Å²) in [5.41, 5.74) is 4.95. The van der Waals surface area contributed by atoms with E-state index in [-0.39, 0.29) is 0 Å². The molecule has 0 aliphatic heterocycles. The number of aromatic amines is 1.